The van der Waals surface area contributed by atoms with E-state index < -0.39 is 0 Å². The first-order chi connectivity index (χ1) is 12.5. The van der Waals surface area contributed by atoms with Gasteiger partial charge in [-0.05, 0) is 56.5 Å². The van der Waals surface area contributed by atoms with Crippen LogP contribution in [0.15, 0.2) is 18.2 Å². The molecule has 0 unspecified atom stereocenters. The third-order valence-electron chi connectivity index (χ3n) is 5.31. The van der Waals surface area contributed by atoms with E-state index >= 15 is 0 Å². The van der Waals surface area contributed by atoms with E-state index in [4.69, 9.17) is 4.98 Å². The zero-order valence-electron chi connectivity index (χ0n) is 16.6. The SMILES string of the molecule is CCCn1c(CN2CCC(C)CC2)nc2cc(NC(=O)C(C)C)ccc21. The van der Waals surface area contributed by atoms with Crippen LogP contribution in [0.5, 0.6) is 0 Å². The Bertz CT molecular complexity index is 757. The summed E-state index contributed by atoms with van der Waals surface area (Å²) >= 11 is 0. The summed E-state index contributed by atoms with van der Waals surface area (Å²) in [5.74, 6) is 2.00. The molecule has 1 aromatic carbocycles. The van der Waals surface area contributed by atoms with Crippen molar-refractivity contribution in [3.63, 3.8) is 0 Å². The topological polar surface area (TPSA) is 50.2 Å². The van der Waals surface area contributed by atoms with Gasteiger partial charge in [0.15, 0.2) is 0 Å². The predicted octanol–water partition coefficient (Wildman–Crippen LogP) is 4.27. The van der Waals surface area contributed by atoms with Gasteiger partial charge in [0, 0.05) is 18.2 Å². The largest absolute Gasteiger partial charge is 0.327 e. The molecule has 0 aliphatic carbocycles. The molecule has 1 fully saturated rings. The second-order valence-corrected chi connectivity index (χ2v) is 7.99. The number of aromatic nitrogens is 2. The Balaban J connectivity index is 1.85. The number of nitrogens with one attached hydrogen (secondary N) is 1. The molecule has 1 N–H and O–H groups in total. The smallest absolute Gasteiger partial charge is 0.226 e. The molecule has 1 amide bonds. The molecule has 1 aliphatic heterocycles. The van der Waals surface area contributed by atoms with Crippen molar-refractivity contribution in [2.24, 2.45) is 11.8 Å². The van der Waals surface area contributed by atoms with Crippen LogP contribution < -0.4 is 5.32 Å². The van der Waals surface area contributed by atoms with E-state index in [1.165, 1.54) is 12.8 Å². The van der Waals surface area contributed by atoms with Crippen LogP contribution in [-0.2, 0) is 17.9 Å². The van der Waals surface area contributed by atoms with E-state index in [1.54, 1.807) is 0 Å². The van der Waals surface area contributed by atoms with Crippen molar-refractivity contribution in [1.29, 1.82) is 0 Å². The average molecular weight is 357 g/mol. The lowest BCUT2D eigenvalue weighted by molar-refractivity contribution is -0.118. The van der Waals surface area contributed by atoms with Crippen molar-refractivity contribution >= 4 is 22.6 Å². The van der Waals surface area contributed by atoms with Gasteiger partial charge >= 0.3 is 0 Å². The van der Waals surface area contributed by atoms with Crippen LogP contribution in [0.3, 0.4) is 0 Å². The molecule has 0 radical (unpaired) electrons. The molecule has 142 valence electrons. The number of hydrogen-bond acceptors (Lipinski definition) is 3. The summed E-state index contributed by atoms with van der Waals surface area (Å²) in [4.78, 5) is 19.4. The van der Waals surface area contributed by atoms with Crippen LogP contribution >= 0.6 is 0 Å². The first kappa shape index (κ1) is 18.9. The second-order valence-electron chi connectivity index (χ2n) is 7.99. The fourth-order valence-corrected chi connectivity index (χ4v) is 3.56. The number of benzene rings is 1. The van der Waals surface area contributed by atoms with E-state index in [0.717, 1.165) is 61.1 Å². The highest BCUT2D eigenvalue weighted by Crippen LogP contribution is 2.24. The van der Waals surface area contributed by atoms with E-state index in [2.05, 4.69) is 34.7 Å². The number of likely N-dealkylation sites (tertiary alicyclic amines) is 1. The first-order valence-corrected chi connectivity index (χ1v) is 10.00. The van der Waals surface area contributed by atoms with Crippen LogP contribution in [0.2, 0.25) is 0 Å². The van der Waals surface area contributed by atoms with Crippen molar-refractivity contribution in [3.05, 3.63) is 24.0 Å². The number of piperidine rings is 1. The van der Waals surface area contributed by atoms with Crippen LogP contribution in [0.4, 0.5) is 5.69 Å². The molecule has 2 heterocycles. The number of anilines is 1. The van der Waals surface area contributed by atoms with Gasteiger partial charge in [-0.1, -0.05) is 27.7 Å². The number of hydrogen-bond donors (Lipinski definition) is 1. The lowest BCUT2D eigenvalue weighted by Crippen LogP contribution is -2.33. The summed E-state index contributed by atoms with van der Waals surface area (Å²) in [6.45, 7) is 12.6. The van der Waals surface area contributed by atoms with Gasteiger partial charge in [-0.25, -0.2) is 4.98 Å². The summed E-state index contributed by atoms with van der Waals surface area (Å²) in [6.07, 6.45) is 3.64. The van der Waals surface area contributed by atoms with Gasteiger partial charge < -0.3 is 9.88 Å². The molecule has 1 aromatic heterocycles. The highest BCUT2D eigenvalue weighted by molar-refractivity contribution is 5.94. The summed E-state index contributed by atoms with van der Waals surface area (Å²) in [5, 5.41) is 2.98. The number of amides is 1. The number of carbonyl (C=O) groups is 1. The van der Waals surface area contributed by atoms with Crippen LogP contribution in [0, 0.1) is 11.8 Å². The summed E-state index contributed by atoms with van der Waals surface area (Å²) in [7, 11) is 0. The molecule has 1 aliphatic rings. The van der Waals surface area contributed by atoms with E-state index in [-0.39, 0.29) is 11.8 Å². The first-order valence-electron chi connectivity index (χ1n) is 10.00. The van der Waals surface area contributed by atoms with Gasteiger partial charge in [0.05, 0.1) is 17.6 Å². The maximum atomic E-state index is 12.0. The maximum absolute atomic E-state index is 12.0. The van der Waals surface area contributed by atoms with Gasteiger partial charge in [-0.3, -0.25) is 9.69 Å². The van der Waals surface area contributed by atoms with Crippen molar-refractivity contribution in [2.75, 3.05) is 18.4 Å². The fraction of sp³-hybridized carbons (Fsp3) is 0.619. The maximum Gasteiger partial charge on any atom is 0.226 e. The van der Waals surface area contributed by atoms with Crippen LogP contribution in [0.1, 0.15) is 52.8 Å². The standard InChI is InChI=1S/C21H32N4O/c1-5-10-25-19-7-6-17(22-21(26)15(2)3)13-18(19)23-20(25)14-24-11-8-16(4)9-12-24/h6-7,13,15-16H,5,8-12,14H2,1-4H3,(H,22,26). The number of fused-ring (bicyclic) bond motifs is 1. The van der Waals surface area contributed by atoms with E-state index in [9.17, 15) is 4.79 Å². The minimum atomic E-state index is -0.0274. The number of aryl methyl sites for hydroxylation is 1. The third kappa shape index (κ3) is 4.26. The normalized spacial score (nSPS) is 16.5. The molecule has 5 nitrogen and oxygen atoms in total. The number of nitrogens with zero attached hydrogens (tertiary/aromatic N) is 3. The third-order valence-corrected chi connectivity index (χ3v) is 5.31. The van der Waals surface area contributed by atoms with Gasteiger partial charge in [0.25, 0.3) is 0 Å². The summed E-state index contributed by atoms with van der Waals surface area (Å²) in [6, 6.07) is 6.09. The monoisotopic (exact) mass is 356 g/mol. The molecular formula is C21H32N4O. The molecule has 3 rings (SSSR count). The highest BCUT2D eigenvalue weighted by atomic mass is 16.1. The van der Waals surface area contributed by atoms with Crippen LogP contribution in [0.25, 0.3) is 11.0 Å². The summed E-state index contributed by atoms with van der Waals surface area (Å²) in [5.41, 5.74) is 2.96. The van der Waals surface area contributed by atoms with Crippen molar-refractivity contribution in [2.45, 2.75) is 60.0 Å². The molecule has 26 heavy (non-hydrogen) atoms. The Morgan fingerprint density at radius 1 is 1.31 bits per heavy atom. The minimum Gasteiger partial charge on any atom is -0.327 e. The van der Waals surface area contributed by atoms with E-state index in [1.807, 2.05) is 26.0 Å². The van der Waals surface area contributed by atoms with Crippen molar-refractivity contribution in [3.8, 4) is 0 Å². The van der Waals surface area contributed by atoms with Crippen LogP contribution in [-0.4, -0.2) is 33.4 Å². The number of rotatable bonds is 6. The minimum absolute atomic E-state index is 0.0274. The predicted molar refractivity (Wildman–Crippen MR) is 107 cm³/mol. The Morgan fingerprint density at radius 2 is 2.04 bits per heavy atom. The zero-order chi connectivity index (χ0) is 18.7. The molecule has 0 atom stereocenters. The van der Waals surface area contributed by atoms with Gasteiger partial charge in [-0.2, -0.15) is 0 Å². The zero-order valence-corrected chi connectivity index (χ0v) is 16.6. The number of carbonyl (C=O) groups excluding carboxylic acids is 1. The molecule has 2 aromatic rings. The second kappa shape index (κ2) is 8.21. The lowest BCUT2D eigenvalue weighted by Gasteiger charge is -2.29. The van der Waals surface area contributed by atoms with Gasteiger partial charge in [-0.15, -0.1) is 0 Å². The molecule has 0 bridgehead atoms. The molecule has 1 saturated heterocycles. The van der Waals surface area contributed by atoms with Crippen molar-refractivity contribution in [1.82, 2.24) is 14.5 Å². The van der Waals surface area contributed by atoms with Gasteiger partial charge in [0.2, 0.25) is 5.91 Å². The fourth-order valence-electron chi connectivity index (χ4n) is 3.56. The Hall–Kier alpha value is -1.88. The Labute approximate surface area is 156 Å². The van der Waals surface area contributed by atoms with E-state index in [0.29, 0.717) is 0 Å². The van der Waals surface area contributed by atoms with Gasteiger partial charge in [0.1, 0.15) is 5.82 Å². The molecular weight excluding hydrogens is 324 g/mol. The highest BCUT2D eigenvalue weighted by Gasteiger charge is 2.19. The Morgan fingerprint density at radius 3 is 2.69 bits per heavy atom. The van der Waals surface area contributed by atoms with Crippen molar-refractivity contribution < 1.29 is 4.79 Å². The molecule has 0 spiro atoms. The lowest BCUT2D eigenvalue weighted by atomic mass is 9.99. The summed E-state index contributed by atoms with van der Waals surface area (Å²) < 4.78 is 2.35. The molecule has 5 heteroatoms. The average Bonchev–Trinajstić information content (AvgIpc) is 2.94. The quantitative estimate of drug-likeness (QED) is 0.841. The molecule has 0 saturated carbocycles. The number of imidazole rings is 1. The Kier molecular flexibility index (Phi) is 5.97.